The van der Waals surface area contributed by atoms with Crippen LogP contribution in [0.15, 0.2) is 18.2 Å². The van der Waals surface area contributed by atoms with Crippen molar-refractivity contribution in [3.05, 3.63) is 34.9 Å². The van der Waals surface area contributed by atoms with Crippen molar-refractivity contribution >= 4 is 21.5 Å². The Morgan fingerprint density at radius 2 is 2.11 bits per heavy atom. The largest absolute Gasteiger partial charge is 0.352 e. The van der Waals surface area contributed by atoms with Crippen molar-refractivity contribution in [2.75, 3.05) is 18.6 Å². The number of carbonyl (C=O) groups is 2. The topological polar surface area (TPSA) is 80.3 Å². The van der Waals surface area contributed by atoms with Crippen molar-refractivity contribution in [2.24, 2.45) is 0 Å². The molecule has 2 rings (SSSR count). The predicted octanol–water partition coefficient (Wildman–Crippen LogP) is 0.200. The lowest BCUT2D eigenvalue weighted by atomic mass is 9.97. The third-order valence-electron chi connectivity index (χ3n) is 2.75. The molecule has 18 heavy (non-hydrogen) atoms. The average molecular weight is 267 g/mol. The maximum atomic E-state index is 11.7. The Morgan fingerprint density at radius 1 is 1.39 bits per heavy atom. The van der Waals surface area contributed by atoms with E-state index in [0.29, 0.717) is 12.1 Å². The summed E-state index contributed by atoms with van der Waals surface area (Å²) in [7, 11) is -3.36. The molecule has 1 aliphatic rings. The zero-order valence-electron chi connectivity index (χ0n) is 9.89. The lowest BCUT2D eigenvalue weighted by Crippen LogP contribution is -2.32. The first kappa shape index (κ1) is 12.8. The second-order valence-corrected chi connectivity index (χ2v) is 6.51. The van der Waals surface area contributed by atoms with E-state index in [-0.39, 0.29) is 11.5 Å². The Bertz CT molecular complexity index is 619. The van der Waals surface area contributed by atoms with Crippen LogP contribution in [0, 0.1) is 0 Å². The molecule has 1 amide bonds. The first-order valence-corrected chi connectivity index (χ1v) is 7.55. The quantitative estimate of drug-likeness (QED) is 0.793. The third kappa shape index (κ3) is 2.76. The van der Waals surface area contributed by atoms with Crippen molar-refractivity contribution < 1.29 is 18.0 Å². The molecule has 5 nitrogen and oxygen atoms in total. The molecular weight excluding hydrogens is 254 g/mol. The number of hydrogen-bond acceptors (Lipinski definition) is 4. The molecule has 0 fully saturated rings. The van der Waals surface area contributed by atoms with Gasteiger partial charge in [0.05, 0.1) is 0 Å². The van der Waals surface area contributed by atoms with Crippen LogP contribution in [0.25, 0.3) is 0 Å². The normalized spacial score (nSPS) is 14.8. The van der Waals surface area contributed by atoms with E-state index < -0.39 is 21.4 Å². The van der Waals surface area contributed by atoms with Gasteiger partial charge in [0.1, 0.15) is 5.75 Å². The van der Waals surface area contributed by atoms with E-state index in [9.17, 15) is 18.0 Å². The fourth-order valence-electron chi connectivity index (χ4n) is 1.91. The Kier molecular flexibility index (Phi) is 3.21. The van der Waals surface area contributed by atoms with E-state index >= 15 is 0 Å². The lowest BCUT2D eigenvalue weighted by molar-refractivity contribution is 0.0946. The maximum Gasteiger partial charge on any atom is 0.251 e. The molecule has 1 aromatic rings. The molecule has 0 aromatic heterocycles. The van der Waals surface area contributed by atoms with Gasteiger partial charge in [-0.3, -0.25) is 9.59 Å². The van der Waals surface area contributed by atoms with Crippen LogP contribution in [0.5, 0.6) is 0 Å². The van der Waals surface area contributed by atoms with Crippen LogP contribution < -0.4 is 5.32 Å². The van der Waals surface area contributed by atoms with Crippen LogP contribution >= 0.6 is 0 Å². The molecule has 0 bridgehead atoms. The predicted molar refractivity (Wildman–Crippen MR) is 66.5 cm³/mol. The van der Waals surface area contributed by atoms with Crippen molar-refractivity contribution in [1.82, 2.24) is 5.32 Å². The number of nitrogens with one attached hydrogen (secondary N) is 1. The number of ketones is 1. The van der Waals surface area contributed by atoms with Crippen LogP contribution in [0.2, 0.25) is 0 Å². The van der Waals surface area contributed by atoms with Gasteiger partial charge in [-0.15, -0.1) is 0 Å². The number of carbonyl (C=O) groups excluding carboxylic acids is 2. The molecular formula is C12H13NO4S. The Morgan fingerprint density at radius 3 is 2.78 bits per heavy atom. The second-order valence-electron chi connectivity index (χ2n) is 4.37. The Hall–Kier alpha value is -1.69. The zero-order valence-corrected chi connectivity index (χ0v) is 10.7. The monoisotopic (exact) mass is 267 g/mol. The smallest absolute Gasteiger partial charge is 0.251 e. The van der Waals surface area contributed by atoms with Crippen LogP contribution in [0.3, 0.4) is 0 Å². The molecule has 0 saturated heterocycles. The lowest BCUT2D eigenvalue weighted by Gasteiger charge is -2.16. The summed E-state index contributed by atoms with van der Waals surface area (Å²) in [6, 6.07) is 4.76. The average Bonchev–Trinajstić information content (AvgIpc) is 2.27. The number of benzene rings is 1. The second kappa shape index (κ2) is 4.53. The van der Waals surface area contributed by atoms with E-state index in [2.05, 4.69) is 5.32 Å². The first-order chi connectivity index (χ1) is 8.37. The molecule has 1 heterocycles. The minimum Gasteiger partial charge on any atom is -0.352 e. The number of Topliss-reactive ketones (excluding diaryl/α,β-unsaturated/α-hetero) is 1. The van der Waals surface area contributed by atoms with E-state index in [1.807, 2.05) is 0 Å². The minimum absolute atomic E-state index is 0.217. The van der Waals surface area contributed by atoms with Gasteiger partial charge < -0.3 is 5.32 Å². The molecule has 0 spiro atoms. The Balaban J connectivity index is 2.34. The molecule has 1 N–H and O–H groups in total. The van der Waals surface area contributed by atoms with Crippen LogP contribution in [0.1, 0.15) is 26.3 Å². The molecule has 0 radical (unpaired) electrons. The van der Waals surface area contributed by atoms with Crippen LogP contribution in [-0.4, -0.2) is 38.7 Å². The molecule has 1 aromatic carbocycles. The van der Waals surface area contributed by atoms with E-state index in [1.165, 1.54) is 6.07 Å². The highest BCUT2D eigenvalue weighted by atomic mass is 32.2. The van der Waals surface area contributed by atoms with Crippen molar-refractivity contribution in [2.45, 2.75) is 6.42 Å². The standard InChI is InChI=1S/C12H13NO4S/c1-18(16,17)7-11(14)9-3-2-8-4-5-13-12(15)10(8)6-9/h2-3,6H,4-5,7H2,1H3,(H,13,15). The molecule has 0 aliphatic carbocycles. The van der Waals surface area contributed by atoms with E-state index in [0.717, 1.165) is 18.2 Å². The number of rotatable bonds is 3. The molecule has 96 valence electrons. The molecule has 0 saturated carbocycles. The van der Waals surface area contributed by atoms with Gasteiger partial charge in [-0.25, -0.2) is 8.42 Å². The van der Waals surface area contributed by atoms with Gasteiger partial charge in [-0.2, -0.15) is 0 Å². The van der Waals surface area contributed by atoms with Gasteiger partial charge >= 0.3 is 0 Å². The van der Waals surface area contributed by atoms with Gasteiger partial charge in [0.25, 0.3) is 5.91 Å². The highest BCUT2D eigenvalue weighted by Crippen LogP contribution is 2.16. The summed E-state index contributed by atoms with van der Waals surface area (Å²) in [5, 5.41) is 2.68. The van der Waals surface area contributed by atoms with E-state index in [4.69, 9.17) is 0 Å². The maximum absolute atomic E-state index is 11.7. The molecule has 1 aliphatic heterocycles. The van der Waals surface area contributed by atoms with Gasteiger partial charge in [0.15, 0.2) is 15.6 Å². The van der Waals surface area contributed by atoms with Gasteiger partial charge in [-0.05, 0) is 18.1 Å². The summed E-state index contributed by atoms with van der Waals surface area (Å²) in [6.07, 6.45) is 1.73. The summed E-state index contributed by atoms with van der Waals surface area (Å²) in [5.41, 5.74) is 1.60. The highest BCUT2D eigenvalue weighted by molar-refractivity contribution is 7.91. The van der Waals surface area contributed by atoms with Gasteiger partial charge in [0.2, 0.25) is 0 Å². The van der Waals surface area contributed by atoms with Crippen LogP contribution in [0.4, 0.5) is 0 Å². The summed E-state index contributed by atoms with van der Waals surface area (Å²) < 4.78 is 22.1. The fourth-order valence-corrected chi connectivity index (χ4v) is 2.55. The SMILES string of the molecule is CS(=O)(=O)CC(=O)c1ccc2c(c1)C(=O)NCC2. The third-order valence-corrected chi connectivity index (χ3v) is 3.54. The van der Waals surface area contributed by atoms with Gasteiger partial charge in [0, 0.05) is 23.9 Å². The first-order valence-electron chi connectivity index (χ1n) is 5.49. The van der Waals surface area contributed by atoms with Crippen molar-refractivity contribution in [3.8, 4) is 0 Å². The number of hydrogen-bond donors (Lipinski definition) is 1. The van der Waals surface area contributed by atoms with Crippen molar-refractivity contribution in [1.29, 1.82) is 0 Å². The minimum atomic E-state index is -3.36. The molecule has 0 unspecified atom stereocenters. The van der Waals surface area contributed by atoms with Crippen LogP contribution in [-0.2, 0) is 16.3 Å². The highest BCUT2D eigenvalue weighted by Gasteiger charge is 2.20. The fraction of sp³-hybridized carbons (Fsp3) is 0.333. The zero-order chi connectivity index (χ0) is 13.3. The van der Waals surface area contributed by atoms with E-state index in [1.54, 1.807) is 12.1 Å². The van der Waals surface area contributed by atoms with Gasteiger partial charge in [-0.1, -0.05) is 12.1 Å². The summed E-state index contributed by atoms with van der Waals surface area (Å²) in [5.74, 6) is -1.24. The summed E-state index contributed by atoms with van der Waals surface area (Å²) in [6.45, 7) is 0.586. The Labute approximate surface area is 105 Å². The summed E-state index contributed by atoms with van der Waals surface area (Å²) in [4.78, 5) is 23.3. The number of sulfone groups is 1. The number of amides is 1. The van der Waals surface area contributed by atoms with Crippen molar-refractivity contribution in [3.63, 3.8) is 0 Å². The summed E-state index contributed by atoms with van der Waals surface area (Å²) >= 11 is 0. The number of fused-ring (bicyclic) bond motifs is 1. The molecule has 6 heteroatoms. The molecule has 0 atom stereocenters.